The minimum absolute atomic E-state index is 0.122. The predicted octanol–water partition coefficient (Wildman–Crippen LogP) is 3.02. The van der Waals surface area contributed by atoms with Crippen LogP contribution in [0.25, 0.3) is 0 Å². The van der Waals surface area contributed by atoms with E-state index in [2.05, 4.69) is 15.9 Å². The van der Waals surface area contributed by atoms with Crippen molar-refractivity contribution in [2.75, 3.05) is 13.2 Å². The van der Waals surface area contributed by atoms with Crippen LogP contribution in [0.5, 0.6) is 0 Å². The Hall–Kier alpha value is -1.23. The first-order chi connectivity index (χ1) is 9.59. The minimum Gasteiger partial charge on any atom is -0.395 e. The molecule has 0 aromatic heterocycles. The number of aliphatic hydroxyl groups is 1. The molecule has 0 aliphatic rings. The molecule has 1 unspecified atom stereocenters. The van der Waals surface area contributed by atoms with E-state index in [1.807, 2.05) is 30.3 Å². The molecule has 0 bridgehead atoms. The van der Waals surface area contributed by atoms with Gasteiger partial charge in [-0.3, -0.25) is 0 Å². The monoisotopic (exact) mass is 337 g/mol. The van der Waals surface area contributed by atoms with Gasteiger partial charge in [-0.2, -0.15) is 0 Å². The fraction of sp³-hybridized carbons (Fsp3) is 0.250. The molecule has 2 aromatic rings. The van der Waals surface area contributed by atoms with E-state index in [9.17, 15) is 9.50 Å². The van der Waals surface area contributed by atoms with Gasteiger partial charge in [0.25, 0.3) is 0 Å². The highest BCUT2D eigenvalue weighted by Gasteiger charge is 2.30. The number of aliphatic hydroxyl groups excluding tert-OH is 1. The van der Waals surface area contributed by atoms with Crippen LogP contribution in [0.1, 0.15) is 11.1 Å². The molecule has 0 aliphatic carbocycles. The van der Waals surface area contributed by atoms with Crippen molar-refractivity contribution < 1.29 is 9.50 Å². The van der Waals surface area contributed by atoms with E-state index in [0.29, 0.717) is 6.42 Å². The Kier molecular flexibility index (Phi) is 4.91. The van der Waals surface area contributed by atoms with Crippen LogP contribution < -0.4 is 5.73 Å². The number of nitrogens with two attached hydrogens (primary N) is 1. The zero-order valence-corrected chi connectivity index (χ0v) is 12.6. The molecular weight excluding hydrogens is 321 g/mol. The Morgan fingerprint density at radius 3 is 2.40 bits per heavy atom. The van der Waals surface area contributed by atoms with E-state index in [1.54, 1.807) is 6.07 Å². The van der Waals surface area contributed by atoms with Gasteiger partial charge >= 0.3 is 0 Å². The number of halogens is 2. The van der Waals surface area contributed by atoms with Crippen molar-refractivity contribution >= 4 is 15.9 Å². The summed E-state index contributed by atoms with van der Waals surface area (Å²) in [7, 11) is 0. The second-order valence-electron chi connectivity index (χ2n) is 4.96. The van der Waals surface area contributed by atoms with E-state index in [0.717, 1.165) is 15.6 Å². The van der Waals surface area contributed by atoms with Crippen molar-refractivity contribution in [3.05, 3.63) is 69.9 Å². The number of hydrogen-bond donors (Lipinski definition) is 2. The van der Waals surface area contributed by atoms with Crippen LogP contribution >= 0.6 is 15.9 Å². The lowest BCUT2D eigenvalue weighted by Gasteiger charge is -2.31. The lowest BCUT2D eigenvalue weighted by Crippen LogP contribution is -2.41. The molecule has 0 amide bonds. The van der Waals surface area contributed by atoms with E-state index in [-0.39, 0.29) is 19.0 Å². The van der Waals surface area contributed by atoms with Crippen molar-refractivity contribution in [2.45, 2.75) is 11.8 Å². The molecule has 0 radical (unpaired) electrons. The Bertz CT molecular complexity index is 567. The Balaban J connectivity index is 2.36. The SMILES string of the molecule is NCC(CO)(Cc1ccc(Br)cc1)c1cccc(F)c1. The Morgan fingerprint density at radius 2 is 1.85 bits per heavy atom. The largest absolute Gasteiger partial charge is 0.395 e. The quantitative estimate of drug-likeness (QED) is 0.880. The molecule has 1 atom stereocenters. The highest BCUT2D eigenvalue weighted by Crippen LogP contribution is 2.28. The van der Waals surface area contributed by atoms with Crippen LogP contribution in [0.15, 0.2) is 53.0 Å². The molecule has 4 heteroatoms. The third-order valence-corrected chi connectivity index (χ3v) is 4.11. The first-order valence-electron chi connectivity index (χ1n) is 6.41. The second kappa shape index (κ2) is 6.48. The van der Waals surface area contributed by atoms with Crippen molar-refractivity contribution in [1.29, 1.82) is 0 Å². The van der Waals surface area contributed by atoms with Crippen LogP contribution in [-0.4, -0.2) is 18.3 Å². The van der Waals surface area contributed by atoms with Crippen LogP contribution in [0.4, 0.5) is 4.39 Å². The molecule has 0 aliphatic heterocycles. The molecular formula is C16H17BrFNO. The highest BCUT2D eigenvalue weighted by atomic mass is 79.9. The summed E-state index contributed by atoms with van der Waals surface area (Å²) in [5.74, 6) is -0.315. The molecule has 2 aromatic carbocycles. The summed E-state index contributed by atoms with van der Waals surface area (Å²) in [6.07, 6.45) is 0.566. The molecule has 0 saturated heterocycles. The molecule has 0 heterocycles. The standard InChI is InChI=1S/C16H17BrFNO/c17-14-6-4-12(5-7-14)9-16(10-19,11-20)13-2-1-3-15(18)8-13/h1-8,20H,9-11,19H2. The lowest BCUT2D eigenvalue weighted by molar-refractivity contribution is 0.195. The van der Waals surface area contributed by atoms with Crippen LogP contribution in [0.3, 0.4) is 0 Å². The summed E-state index contributed by atoms with van der Waals surface area (Å²) in [4.78, 5) is 0. The second-order valence-corrected chi connectivity index (χ2v) is 5.87. The third-order valence-electron chi connectivity index (χ3n) is 3.59. The van der Waals surface area contributed by atoms with Gasteiger partial charge in [0, 0.05) is 16.4 Å². The lowest BCUT2D eigenvalue weighted by atomic mass is 9.76. The number of rotatable bonds is 5. The van der Waals surface area contributed by atoms with Crippen molar-refractivity contribution in [3.8, 4) is 0 Å². The highest BCUT2D eigenvalue weighted by molar-refractivity contribution is 9.10. The smallest absolute Gasteiger partial charge is 0.123 e. The Morgan fingerprint density at radius 1 is 1.15 bits per heavy atom. The van der Waals surface area contributed by atoms with Gasteiger partial charge in [0.15, 0.2) is 0 Å². The minimum atomic E-state index is -0.657. The number of hydrogen-bond acceptors (Lipinski definition) is 2. The van der Waals surface area contributed by atoms with Crippen molar-refractivity contribution in [3.63, 3.8) is 0 Å². The normalized spacial score (nSPS) is 14.0. The molecule has 106 valence electrons. The van der Waals surface area contributed by atoms with Crippen LogP contribution in [0.2, 0.25) is 0 Å². The fourth-order valence-electron chi connectivity index (χ4n) is 2.32. The van der Waals surface area contributed by atoms with Crippen LogP contribution in [-0.2, 0) is 11.8 Å². The van der Waals surface area contributed by atoms with Gasteiger partial charge in [-0.1, -0.05) is 40.2 Å². The molecule has 2 nitrogen and oxygen atoms in total. The average molecular weight is 338 g/mol. The first kappa shape index (κ1) is 15.2. The first-order valence-corrected chi connectivity index (χ1v) is 7.20. The average Bonchev–Trinajstić information content (AvgIpc) is 2.47. The summed E-state index contributed by atoms with van der Waals surface area (Å²) >= 11 is 3.39. The van der Waals surface area contributed by atoms with Crippen molar-refractivity contribution in [2.24, 2.45) is 5.73 Å². The van der Waals surface area contributed by atoms with E-state index in [4.69, 9.17) is 5.73 Å². The molecule has 0 saturated carbocycles. The summed E-state index contributed by atoms with van der Waals surface area (Å²) in [6.45, 7) is 0.131. The molecule has 3 N–H and O–H groups in total. The van der Waals surface area contributed by atoms with E-state index >= 15 is 0 Å². The third kappa shape index (κ3) is 3.26. The molecule has 20 heavy (non-hydrogen) atoms. The van der Waals surface area contributed by atoms with Crippen LogP contribution in [0, 0.1) is 5.82 Å². The van der Waals surface area contributed by atoms with Gasteiger partial charge in [0.05, 0.1) is 6.61 Å². The summed E-state index contributed by atoms with van der Waals surface area (Å²) < 4.78 is 14.4. The van der Waals surface area contributed by atoms with Gasteiger partial charge < -0.3 is 10.8 Å². The summed E-state index contributed by atoms with van der Waals surface area (Å²) in [5, 5.41) is 9.83. The van der Waals surface area contributed by atoms with Gasteiger partial charge in [-0.25, -0.2) is 4.39 Å². The van der Waals surface area contributed by atoms with E-state index < -0.39 is 5.41 Å². The zero-order valence-electron chi connectivity index (χ0n) is 11.0. The maximum absolute atomic E-state index is 13.4. The van der Waals surface area contributed by atoms with Gasteiger partial charge in [0.1, 0.15) is 5.82 Å². The maximum Gasteiger partial charge on any atom is 0.123 e. The van der Waals surface area contributed by atoms with Gasteiger partial charge in [-0.15, -0.1) is 0 Å². The topological polar surface area (TPSA) is 46.2 Å². The molecule has 0 spiro atoms. The predicted molar refractivity (Wildman–Crippen MR) is 82.1 cm³/mol. The zero-order chi connectivity index (χ0) is 14.6. The summed E-state index contributed by atoms with van der Waals surface area (Å²) in [5.41, 5.74) is 7.01. The van der Waals surface area contributed by atoms with Gasteiger partial charge in [-0.05, 0) is 41.8 Å². The van der Waals surface area contributed by atoms with E-state index in [1.165, 1.54) is 12.1 Å². The Labute approximate surface area is 126 Å². The van der Waals surface area contributed by atoms with Gasteiger partial charge in [0.2, 0.25) is 0 Å². The fourth-order valence-corrected chi connectivity index (χ4v) is 2.58. The molecule has 0 fully saturated rings. The number of benzene rings is 2. The van der Waals surface area contributed by atoms with Crippen molar-refractivity contribution in [1.82, 2.24) is 0 Å². The summed E-state index contributed by atoms with van der Waals surface area (Å²) in [6, 6.07) is 14.1. The molecule has 2 rings (SSSR count). The maximum atomic E-state index is 13.4.